The zero-order valence-electron chi connectivity index (χ0n) is 20.9. The molecule has 0 amide bonds. The number of hydrogen-bond acceptors (Lipinski definition) is 4. The van der Waals surface area contributed by atoms with Crippen LogP contribution >= 0.6 is 0 Å². The van der Waals surface area contributed by atoms with Crippen molar-refractivity contribution in [3.63, 3.8) is 0 Å². The fourth-order valence-electron chi connectivity index (χ4n) is 4.35. The minimum absolute atomic E-state index is 0.160. The van der Waals surface area contributed by atoms with Gasteiger partial charge in [0.05, 0.1) is 11.8 Å². The Morgan fingerprint density at radius 1 is 0.395 bits per heavy atom. The van der Waals surface area contributed by atoms with E-state index >= 15 is 0 Å². The van der Waals surface area contributed by atoms with Crippen LogP contribution in [0.4, 0.5) is 0 Å². The molecule has 0 bridgehead atoms. The van der Waals surface area contributed by atoms with Crippen molar-refractivity contribution in [3.05, 3.63) is 156 Å². The van der Waals surface area contributed by atoms with E-state index in [0.29, 0.717) is 22.3 Å². The molecule has 0 aliphatic rings. The van der Waals surface area contributed by atoms with Gasteiger partial charge in [0, 0.05) is 22.3 Å². The lowest BCUT2D eigenvalue weighted by molar-refractivity contribution is 0.0790. The minimum Gasteiger partial charge on any atom is -0.293 e. The molecule has 0 saturated heterocycles. The number of carbonyl (C=O) groups excluding carboxylic acids is 4. The van der Waals surface area contributed by atoms with Crippen molar-refractivity contribution >= 4 is 23.1 Å². The summed E-state index contributed by atoms with van der Waals surface area (Å²) in [6.45, 7) is 0. The molecule has 0 unspecified atom stereocenters. The normalized spacial score (nSPS) is 11.1. The molecular weight excluding hydrogens is 472 g/mol. The Labute approximate surface area is 222 Å². The van der Waals surface area contributed by atoms with Crippen LogP contribution in [0.1, 0.15) is 54.3 Å². The molecule has 0 radical (unpaired) electrons. The SMILES string of the molecule is O=C(c1ccccc1)C(CC=CCC(C(=O)c1ccccc1)C(=O)c1ccccc1)C(=O)c1ccccc1. The maximum Gasteiger partial charge on any atom is 0.174 e. The second-order valence-corrected chi connectivity index (χ2v) is 8.97. The van der Waals surface area contributed by atoms with E-state index in [4.69, 9.17) is 0 Å². The molecule has 0 aliphatic carbocycles. The smallest absolute Gasteiger partial charge is 0.174 e. The molecule has 0 atom stereocenters. The topological polar surface area (TPSA) is 68.3 Å². The van der Waals surface area contributed by atoms with E-state index in [9.17, 15) is 19.2 Å². The van der Waals surface area contributed by atoms with Crippen LogP contribution in [-0.4, -0.2) is 23.1 Å². The Bertz CT molecular complexity index is 1190. The number of benzene rings is 4. The van der Waals surface area contributed by atoms with Gasteiger partial charge in [0.2, 0.25) is 0 Å². The number of ketones is 4. The highest BCUT2D eigenvalue weighted by Crippen LogP contribution is 2.22. The Hall–Kier alpha value is -4.70. The van der Waals surface area contributed by atoms with Gasteiger partial charge in [0.1, 0.15) is 0 Å². The summed E-state index contributed by atoms with van der Waals surface area (Å²) in [6, 6.07) is 35.0. The van der Waals surface area contributed by atoms with Crippen molar-refractivity contribution < 1.29 is 19.2 Å². The lowest BCUT2D eigenvalue weighted by Crippen LogP contribution is -2.25. The Balaban J connectivity index is 1.56. The second-order valence-electron chi connectivity index (χ2n) is 8.97. The number of hydrogen-bond donors (Lipinski definition) is 0. The van der Waals surface area contributed by atoms with Gasteiger partial charge in [-0.05, 0) is 12.8 Å². The summed E-state index contributed by atoms with van der Waals surface area (Å²) in [6.07, 6.45) is 3.78. The van der Waals surface area contributed by atoms with E-state index in [1.165, 1.54) is 0 Å². The first-order valence-corrected chi connectivity index (χ1v) is 12.6. The van der Waals surface area contributed by atoms with Crippen molar-refractivity contribution in [2.75, 3.05) is 0 Å². The summed E-state index contributed by atoms with van der Waals surface area (Å²) in [5.74, 6) is -2.88. The molecule has 4 heteroatoms. The maximum absolute atomic E-state index is 13.3. The van der Waals surface area contributed by atoms with Gasteiger partial charge < -0.3 is 0 Å². The molecule has 0 heterocycles. The van der Waals surface area contributed by atoms with Crippen LogP contribution in [0.5, 0.6) is 0 Å². The molecule has 0 N–H and O–H groups in total. The van der Waals surface area contributed by atoms with Gasteiger partial charge >= 0.3 is 0 Å². The molecule has 0 aliphatic heterocycles. The van der Waals surface area contributed by atoms with Crippen LogP contribution in [0.2, 0.25) is 0 Å². The van der Waals surface area contributed by atoms with E-state index in [0.717, 1.165) is 0 Å². The van der Waals surface area contributed by atoms with Gasteiger partial charge in [-0.3, -0.25) is 19.2 Å². The zero-order valence-corrected chi connectivity index (χ0v) is 20.9. The van der Waals surface area contributed by atoms with Crippen molar-refractivity contribution in [2.24, 2.45) is 11.8 Å². The summed E-state index contributed by atoms with van der Waals surface area (Å²) in [7, 11) is 0. The van der Waals surface area contributed by atoms with Crippen molar-refractivity contribution in [3.8, 4) is 0 Å². The maximum atomic E-state index is 13.3. The minimum atomic E-state index is -0.913. The fraction of sp³-hybridized carbons (Fsp3) is 0.118. The molecule has 0 saturated carbocycles. The predicted molar refractivity (Wildman–Crippen MR) is 148 cm³/mol. The van der Waals surface area contributed by atoms with Crippen LogP contribution in [0.25, 0.3) is 0 Å². The Morgan fingerprint density at radius 3 is 0.816 bits per heavy atom. The zero-order chi connectivity index (χ0) is 26.7. The van der Waals surface area contributed by atoms with Gasteiger partial charge in [0.25, 0.3) is 0 Å². The standard InChI is InChI=1S/C34H28O4/c35-31(25-15-5-1-6-16-25)29(32(36)26-17-7-2-8-18-26)23-13-14-24-30(33(37)27-19-9-3-10-20-27)34(38)28-21-11-4-12-22-28/h1-22,29-30H,23-24H2. The van der Waals surface area contributed by atoms with Gasteiger partial charge in [-0.15, -0.1) is 0 Å². The average Bonchev–Trinajstić information content (AvgIpc) is 2.99. The lowest BCUT2D eigenvalue weighted by atomic mass is 9.85. The van der Waals surface area contributed by atoms with Crippen LogP contribution < -0.4 is 0 Å². The van der Waals surface area contributed by atoms with Crippen LogP contribution in [0.3, 0.4) is 0 Å². The van der Waals surface area contributed by atoms with Gasteiger partial charge in [-0.1, -0.05) is 133 Å². The van der Waals surface area contributed by atoms with E-state index in [1.54, 1.807) is 109 Å². The van der Waals surface area contributed by atoms with Crippen molar-refractivity contribution in [1.29, 1.82) is 0 Å². The lowest BCUT2D eigenvalue weighted by Gasteiger charge is -2.15. The number of carbonyl (C=O) groups is 4. The Morgan fingerprint density at radius 2 is 0.605 bits per heavy atom. The number of rotatable bonds is 12. The predicted octanol–water partition coefficient (Wildman–Crippen LogP) is 7.09. The largest absolute Gasteiger partial charge is 0.293 e. The average molecular weight is 501 g/mol. The first-order valence-electron chi connectivity index (χ1n) is 12.6. The van der Waals surface area contributed by atoms with E-state index in [1.807, 2.05) is 24.3 Å². The van der Waals surface area contributed by atoms with Crippen molar-refractivity contribution in [1.82, 2.24) is 0 Å². The Kier molecular flexibility index (Phi) is 9.03. The summed E-state index contributed by atoms with van der Waals surface area (Å²) in [5.41, 5.74) is 1.86. The van der Waals surface area contributed by atoms with Crippen LogP contribution in [-0.2, 0) is 0 Å². The number of Topliss-reactive ketones (excluding diaryl/α,β-unsaturated/α-hetero) is 4. The molecular formula is C34H28O4. The molecule has 0 fully saturated rings. The molecule has 4 aromatic rings. The van der Waals surface area contributed by atoms with Crippen molar-refractivity contribution in [2.45, 2.75) is 12.8 Å². The molecule has 4 rings (SSSR count). The highest BCUT2D eigenvalue weighted by Gasteiger charge is 2.29. The molecule has 38 heavy (non-hydrogen) atoms. The fourth-order valence-corrected chi connectivity index (χ4v) is 4.35. The summed E-state index contributed by atoms with van der Waals surface area (Å²) >= 11 is 0. The quantitative estimate of drug-likeness (QED) is 0.118. The summed E-state index contributed by atoms with van der Waals surface area (Å²) in [5, 5.41) is 0. The van der Waals surface area contributed by atoms with E-state index < -0.39 is 11.8 Å². The third kappa shape index (κ3) is 6.54. The third-order valence-corrected chi connectivity index (χ3v) is 6.41. The monoisotopic (exact) mass is 500 g/mol. The van der Waals surface area contributed by atoms with Crippen LogP contribution in [0, 0.1) is 11.8 Å². The highest BCUT2D eigenvalue weighted by atomic mass is 16.2. The summed E-state index contributed by atoms with van der Waals surface area (Å²) in [4.78, 5) is 53.2. The molecule has 4 nitrogen and oxygen atoms in total. The first-order chi connectivity index (χ1) is 18.6. The highest BCUT2D eigenvalue weighted by molar-refractivity contribution is 6.17. The molecule has 0 spiro atoms. The van der Waals surface area contributed by atoms with Gasteiger partial charge in [0.15, 0.2) is 23.1 Å². The molecule has 188 valence electrons. The second kappa shape index (κ2) is 13.0. The van der Waals surface area contributed by atoms with Gasteiger partial charge in [-0.2, -0.15) is 0 Å². The van der Waals surface area contributed by atoms with E-state index in [2.05, 4.69) is 0 Å². The molecule has 4 aromatic carbocycles. The summed E-state index contributed by atoms with van der Waals surface area (Å²) < 4.78 is 0. The molecule has 0 aromatic heterocycles. The number of allylic oxidation sites excluding steroid dienone is 2. The van der Waals surface area contributed by atoms with E-state index in [-0.39, 0.29) is 36.0 Å². The van der Waals surface area contributed by atoms with Crippen LogP contribution in [0.15, 0.2) is 133 Å². The van der Waals surface area contributed by atoms with Gasteiger partial charge in [-0.25, -0.2) is 0 Å². The third-order valence-electron chi connectivity index (χ3n) is 6.41. The first kappa shape index (κ1) is 26.4.